The first-order chi connectivity index (χ1) is 8.85. The molecule has 3 N–H and O–H groups in total. The van der Waals surface area contributed by atoms with Crippen molar-refractivity contribution in [2.24, 2.45) is 22.2 Å². The van der Waals surface area contributed by atoms with E-state index in [2.05, 4.69) is 29.1 Å². The molecule has 0 spiro atoms. The Labute approximate surface area is 117 Å². The van der Waals surface area contributed by atoms with E-state index in [1.807, 2.05) is 13.8 Å². The van der Waals surface area contributed by atoms with Crippen LogP contribution in [0.3, 0.4) is 0 Å². The molecule has 1 aliphatic rings. The number of nitrogens with zero attached hydrogens (tertiary/aromatic N) is 3. The van der Waals surface area contributed by atoms with Gasteiger partial charge in [0.05, 0.1) is 0 Å². The Morgan fingerprint density at radius 1 is 1.37 bits per heavy atom. The molecule has 0 atom stereocenters. The van der Waals surface area contributed by atoms with Gasteiger partial charge in [0.25, 0.3) is 0 Å². The van der Waals surface area contributed by atoms with Crippen molar-refractivity contribution in [2.45, 2.75) is 33.1 Å². The molecule has 0 unspecified atom stereocenters. The summed E-state index contributed by atoms with van der Waals surface area (Å²) >= 11 is 0. The van der Waals surface area contributed by atoms with Gasteiger partial charge in [-0.25, -0.2) is 0 Å². The first-order valence-electron chi connectivity index (χ1n) is 7.20. The molecule has 0 bridgehead atoms. The summed E-state index contributed by atoms with van der Waals surface area (Å²) in [6.45, 7) is 8.62. The summed E-state index contributed by atoms with van der Waals surface area (Å²) in [7, 11) is 4.29. The van der Waals surface area contributed by atoms with Crippen molar-refractivity contribution in [3.8, 4) is 0 Å². The SMILES string of the molecule is CN(C)CC1CCN(CCC(C)(C)C(N)=NO)CC1. The molecule has 0 radical (unpaired) electrons. The van der Waals surface area contributed by atoms with Crippen LogP contribution in [0.15, 0.2) is 5.16 Å². The van der Waals surface area contributed by atoms with Gasteiger partial charge < -0.3 is 20.7 Å². The molecular formula is C14H30N4O. The van der Waals surface area contributed by atoms with E-state index in [0.717, 1.165) is 18.9 Å². The minimum atomic E-state index is -0.227. The van der Waals surface area contributed by atoms with Crippen LogP contribution in [0.2, 0.25) is 0 Å². The van der Waals surface area contributed by atoms with Crippen LogP contribution in [0.4, 0.5) is 0 Å². The molecule has 1 aliphatic heterocycles. The van der Waals surface area contributed by atoms with E-state index in [9.17, 15) is 0 Å². The highest BCUT2D eigenvalue weighted by Gasteiger charge is 2.26. The molecule has 5 heteroatoms. The summed E-state index contributed by atoms with van der Waals surface area (Å²) < 4.78 is 0. The lowest BCUT2D eigenvalue weighted by Crippen LogP contribution is -2.40. The lowest BCUT2D eigenvalue weighted by atomic mass is 9.87. The Morgan fingerprint density at radius 2 is 1.95 bits per heavy atom. The molecule has 1 saturated heterocycles. The van der Waals surface area contributed by atoms with Crippen LogP contribution in [-0.4, -0.2) is 61.1 Å². The minimum absolute atomic E-state index is 0.227. The van der Waals surface area contributed by atoms with Crippen LogP contribution in [0, 0.1) is 11.3 Å². The van der Waals surface area contributed by atoms with Gasteiger partial charge in [0.2, 0.25) is 0 Å². The topological polar surface area (TPSA) is 65.1 Å². The van der Waals surface area contributed by atoms with E-state index in [-0.39, 0.29) is 5.41 Å². The van der Waals surface area contributed by atoms with Crippen molar-refractivity contribution in [3.05, 3.63) is 0 Å². The molecule has 0 saturated carbocycles. The third kappa shape index (κ3) is 5.37. The standard InChI is InChI=1S/C14H30N4O/c1-14(2,13(15)16-19)7-10-18-8-5-12(6-9-18)11-17(3)4/h12,19H,5-11H2,1-4H3,(H2,15,16). The van der Waals surface area contributed by atoms with E-state index in [1.165, 1.54) is 32.5 Å². The number of amidine groups is 1. The highest BCUT2D eigenvalue weighted by Crippen LogP contribution is 2.23. The Morgan fingerprint density at radius 3 is 2.42 bits per heavy atom. The second kappa shape index (κ2) is 7.10. The average Bonchev–Trinajstić information content (AvgIpc) is 2.36. The fourth-order valence-electron chi connectivity index (χ4n) is 2.61. The lowest BCUT2D eigenvalue weighted by Gasteiger charge is -2.35. The molecule has 0 aliphatic carbocycles. The number of oxime groups is 1. The molecule has 0 aromatic heterocycles. The van der Waals surface area contributed by atoms with Crippen molar-refractivity contribution in [1.82, 2.24) is 9.80 Å². The first kappa shape index (κ1) is 16.2. The Balaban J connectivity index is 2.30. The lowest BCUT2D eigenvalue weighted by molar-refractivity contribution is 0.152. The number of piperidine rings is 1. The molecule has 0 amide bonds. The van der Waals surface area contributed by atoms with E-state index in [4.69, 9.17) is 10.9 Å². The van der Waals surface area contributed by atoms with Gasteiger partial charge in [0.1, 0.15) is 5.84 Å². The van der Waals surface area contributed by atoms with Gasteiger partial charge in [-0.3, -0.25) is 0 Å². The number of hydrogen-bond acceptors (Lipinski definition) is 4. The van der Waals surface area contributed by atoms with E-state index in [1.54, 1.807) is 0 Å². The van der Waals surface area contributed by atoms with Gasteiger partial charge in [-0.15, -0.1) is 0 Å². The zero-order valence-corrected chi connectivity index (χ0v) is 12.9. The van der Waals surface area contributed by atoms with Crippen LogP contribution >= 0.6 is 0 Å². The van der Waals surface area contributed by atoms with Crippen LogP contribution in [0.5, 0.6) is 0 Å². The number of hydrogen-bond donors (Lipinski definition) is 2. The van der Waals surface area contributed by atoms with Gasteiger partial charge in [0.15, 0.2) is 0 Å². The molecule has 1 heterocycles. The summed E-state index contributed by atoms with van der Waals surface area (Å²) in [4.78, 5) is 4.78. The highest BCUT2D eigenvalue weighted by molar-refractivity contribution is 5.85. The minimum Gasteiger partial charge on any atom is -0.409 e. The van der Waals surface area contributed by atoms with Crippen LogP contribution in [-0.2, 0) is 0 Å². The summed E-state index contributed by atoms with van der Waals surface area (Å²) in [5.41, 5.74) is 5.49. The van der Waals surface area contributed by atoms with Gasteiger partial charge in [-0.05, 0) is 58.9 Å². The maximum atomic E-state index is 8.77. The van der Waals surface area contributed by atoms with Crippen molar-refractivity contribution < 1.29 is 5.21 Å². The van der Waals surface area contributed by atoms with E-state index >= 15 is 0 Å². The second-order valence-corrected chi connectivity index (χ2v) is 6.67. The van der Waals surface area contributed by atoms with Gasteiger partial charge >= 0.3 is 0 Å². The summed E-state index contributed by atoms with van der Waals surface area (Å²) in [5, 5.41) is 11.9. The monoisotopic (exact) mass is 270 g/mol. The maximum absolute atomic E-state index is 8.77. The molecule has 112 valence electrons. The molecule has 1 rings (SSSR count). The predicted molar refractivity (Wildman–Crippen MR) is 79.5 cm³/mol. The van der Waals surface area contributed by atoms with E-state index in [0.29, 0.717) is 5.84 Å². The average molecular weight is 270 g/mol. The Kier molecular flexibility index (Phi) is 6.07. The summed E-state index contributed by atoms with van der Waals surface area (Å²) in [6, 6.07) is 0. The van der Waals surface area contributed by atoms with Gasteiger partial charge in [0, 0.05) is 12.0 Å². The van der Waals surface area contributed by atoms with Gasteiger partial charge in [-0.1, -0.05) is 19.0 Å². The van der Waals surface area contributed by atoms with Crippen LogP contribution in [0.25, 0.3) is 0 Å². The molecule has 1 fully saturated rings. The number of rotatable bonds is 6. The largest absolute Gasteiger partial charge is 0.409 e. The van der Waals surface area contributed by atoms with Crippen molar-refractivity contribution in [2.75, 3.05) is 40.3 Å². The molecule has 0 aromatic rings. The zero-order valence-electron chi connectivity index (χ0n) is 12.9. The zero-order chi connectivity index (χ0) is 14.5. The smallest absolute Gasteiger partial charge is 0.144 e. The molecular weight excluding hydrogens is 240 g/mol. The third-order valence-corrected chi connectivity index (χ3v) is 4.18. The van der Waals surface area contributed by atoms with E-state index < -0.39 is 0 Å². The second-order valence-electron chi connectivity index (χ2n) is 6.67. The molecule has 0 aromatic carbocycles. The maximum Gasteiger partial charge on any atom is 0.144 e. The molecule has 19 heavy (non-hydrogen) atoms. The Bertz CT molecular complexity index is 294. The summed E-state index contributed by atoms with van der Waals surface area (Å²) in [5.74, 6) is 1.17. The third-order valence-electron chi connectivity index (χ3n) is 4.18. The first-order valence-corrected chi connectivity index (χ1v) is 7.20. The quantitative estimate of drug-likeness (QED) is 0.332. The fraction of sp³-hybridized carbons (Fsp3) is 0.929. The fourth-order valence-corrected chi connectivity index (χ4v) is 2.61. The van der Waals surface area contributed by atoms with Crippen LogP contribution in [0.1, 0.15) is 33.1 Å². The van der Waals surface area contributed by atoms with Crippen molar-refractivity contribution in [1.29, 1.82) is 0 Å². The highest BCUT2D eigenvalue weighted by atomic mass is 16.4. The summed E-state index contributed by atoms with van der Waals surface area (Å²) in [6.07, 6.45) is 3.49. The number of likely N-dealkylation sites (tertiary alicyclic amines) is 1. The van der Waals surface area contributed by atoms with Crippen LogP contribution < -0.4 is 5.73 Å². The van der Waals surface area contributed by atoms with Crippen molar-refractivity contribution in [3.63, 3.8) is 0 Å². The normalized spacial score (nSPS) is 20.2. The number of nitrogens with two attached hydrogens (primary N) is 1. The predicted octanol–water partition coefficient (Wildman–Crippen LogP) is 1.42. The van der Waals surface area contributed by atoms with Crippen molar-refractivity contribution >= 4 is 5.84 Å². The Hall–Kier alpha value is -0.810. The molecule has 5 nitrogen and oxygen atoms in total. The van der Waals surface area contributed by atoms with Gasteiger partial charge in [-0.2, -0.15) is 0 Å².